The lowest BCUT2D eigenvalue weighted by Gasteiger charge is -2.12. The molecule has 1 rings (SSSR count). The first-order valence-corrected chi connectivity index (χ1v) is 4.55. The third kappa shape index (κ3) is 2.10. The lowest BCUT2D eigenvalue weighted by molar-refractivity contribution is -0.139. The van der Waals surface area contributed by atoms with Gasteiger partial charge in [-0.25, -0.2) is 4.39 Å². The number of methoxy groups -OCH3 is 1. The summed E-state index contributed by atoms with van der Waals surface area (Å²) in [7, 11) is 1.00. The van der Waals surface area contributed by atoms with Gasteiger partial charge in [-0.1, -0.05) is 0 Å². The molecule has 0 aliphatic carbocycles. The molecule has 0 amide bonds. The lowest BCUT2D eigenvalue weighted by atomic mass is 10.2. The van der Waals surface area contributed by atoms with Crippen molar-refractivity contribution in [3.63, 3.8) is 0 Å². The lowest BCUT2D eigenvalue weighted by Crippen LogP contribution is -2.09. The van der Waals surface area contributed by atoms with Gasteiger partial charge in [-0.2, -0.15) is 13.2 Å². The average molecular weight is 320 g/mol. The van der Waals surface area contributed by atoms with E-state index >= 15 is 0 Å². The van der Waals surface area contributed by atoms with Crippen LogP contribution in [0.15, 0.2) is 12.1 Å². The third-order valence-corrected chi connectivity index (χ3v) is 2.39. The van der Waals surface area contributed by atoms with Gasteiger partial charge in [-0.15, -0.1) is 0 Å². The first-order valence-electron chi connectivity index (χ1n) is 3.47. The van der Waals surface area contributed by atoms with Gasteiger partial charge in [0.05, 0.1) is 10.7 Å². The van der Waals surface area contributed by atoms with Crippen LogP contribution in [0, 0.1) is 9.39 Å². The standard InChI is InChI=1S/C8H5F4IO/c1-14-7-4(8(10,11)12)2-3-5(13)6(7)9/h2-3H,1H3. The van der Waals surface area contributed by atoms with Crippen LogP contribution in [0.4, 0.5) is 17.6 Å². The number of alkyl halides is 3. The molecule has 0 aliphatic rings. The highest BCUT2D eigenvalue weighted by Crippen LogP contribution is 2.38. The first-order chi connectivity index (χ1) is 6.38. The molecule has 1 aromatic rings. The molecule has 1 aromatic carbocycles. The Kier molecular flexibility index (Phi) is 3.23. The fourth-order valence-corrected chi connectivity index (χ4v) is 1.38. The Morgan fingerprint density at radius 3 is 2.29 bits per heavy atom. The van der Waals surface area contributed by atoms with E-state index in [4.69, 9.17) is 0 Å². The summed E-state index contributed by atoms with van der Waals surface area (Å²) in [5, 5.41) is 0. The third-order valence-electron chi connectivity index (χ3n) is 1.56. The SMILES string of the molecule is COc1c(C(F)(F)F)ccc(I)c1F. The van der Waals surface area contributed by atoms with Crippen molar-refractivity contribution in [2.45, 2.75) is 6.18 Å². The van der Waals surface area contributed by atoms with Gasteiger partial charge in [0.2, 0.25) is 0 Å². The van der Waals surface area contributed by atoms with Crippen LogP contribution in [0.3, 0.4) is 0 Å². The second-order valence-corrected chi connectivity index (χ2v) is 3.60. The Hall–Kier alpha value is -0.530. The summed E-state index contributed by atoms with van der Waals surface area (Å²) in [6.45, 7) is 0. The van der Waals surface area contributed by atoms with Gasteiger partial charge in [-0.3, -0.25) is 0 Å². The van der Waals surface area contributed by atoms with Crippen LogP contribution in [0.1, 0.15) is 5.56 Å². The van der Waals surface area contributed by atoms with Crippen LogP contribution in [-0.4, -0.2) is 7.11 Å². The number of benzene rings is 1. The molecular formula is C8H5F4IO. The molecule has 0 heterocycles. The van der Waals surface area contributed by atoms with Crippen LogP contribution < -0.4 is 4.74 Å². The van der Waals surface area contributed by atoms with E-state index in [1.54, 1.807) is 22.6 Å². The monoisotopic (exact) mass is 320 g/mol. The largest absolute Gasteiger partial charge is 0.493 e. The van der Waals surface area contributed by atoms with Crippen molar-refractivity contribution >= 4 is 22.6 Å². The van der Waals surface area contributed by atoms with Gasteiger partial charge >= 0.3 is 6.18 Å². The van der Waals surface area contributed by atoms with E-state index in [0.717, 1.165) is 19.2 Å². The van der Waals surface area contributed by atoms with Crippen LogP contribution >= 0.6 is 22.6 Å². The van der Waals surface area contributed by atoms with Crippen LogP contribution in [0.25, 0.3) is 0 Å². The van der Waals surface area contributed by atoms with E-state index in [1.807, 2.05) is 0 Å². The summed E-state index contributed by atoms with van der Waals surface area (Å²) in [5.41, 5.74) is -1.10. The zero-order valence-corrected chi connectivity index (χ0v) is 9.11. The minimum Gasteiger partial charge on any atom is -0.493 e. The molecule has 14 heavy (non-hydrogen) atoms. The fraction of sp³-hybridized carbons (Fsp3) is 0.250. The van der Waals surface area contributed by atoms with Gasteiger partial charge in [-0.05, 0) is 34.7 Å². The second kappa shape index (κ2) is 3.92. The zero-order chi connectivity index (χ0) is 10.9. The molecule has 0 fully saturated rings. The van der Waals surface area contributed by atoms with Crippen molar-refractivity contribution in [2.75, 3.05) is 7.11 Å². The highest BCUT2D eigenvalue weighted by molar-refractivity contribution is 14.1. The van der Waals surface area contributed by atoms with Crippen molar-refractivity contribution in [3.8, 4) is 5.75 Å². The van der Waals surface area contributed by atoms with Crippen LogP contribution in [0.5, 0.6) is 5.75 Å². The van der Waals surface area contributed by atoms with Gasteiger partial charge in [0.15, 0.2) is 11.6 Å². The molecule has 0 N–H and O–H groups in total. The Labute approximate surface area is 91.2 Å². The topological polar surface area (TPSA) is 9.23 Å². The quantitative estimate of drug-likeness (QED) is 0.569. The summed E-state index contributed by atoms with van der Waals surface area (Å²) in [5.74, 6) is -1.74. The average Bonchev–Trinajstić information content (AvgIpc) is 2.07. The van der Waals surface area contributed by atoms with Crippen molar-refractivity contribution in [3.05, 3.63) is 27.1 Å². The maximum absolute atomic E-state index is 13.2. The van der Waals surface area contributed by atoms with Gasteiger partial charge in [0, 0.05) is 0 Å². The smallest absolute Gasteiger partial charge is 0.420 e. The van der Waals surface area contributed by atoms with Crippen molar-refractivity contribution in [1.29, 1.82) is 0 Å². The van der Waals surface area contributed by atoms with Crippen LogP contribution in [0.2, 0.25) is 0 Å². The van der Waals surface area contributed by atoms with E-state index in [2.05, 4.69) is 4.74 Å². The maximum atomic E-state index is 13.2. The molecule has 0 bridgehead atoms. The normalized spacial score (nSPS) is 11.6. The second-order valence-electron chi connectivity index (χ2n) is 2.44. The van der Waals surface area contributed by atoms with E-state index in [1.165, 1.54) is 0 Å². The molecular weight excluding hydrogens is 315 g/mol. The van der Waals surface area contributed by atoms with E-state index in [0.29, 0.717) is 0 Å². The molecule has 0 saturated heterocycles. The highest BCUT2D eigenvalue weighted by atomic mass is 127. The summed E-state index contributed by atoms with van der Waals surface area (Å²) in [4.78, 5) is 0. The Balaban J connectivity index is 3.39. The minimum absolute atomic E-state index is 0.0902. The van der Waals surface area contributed by atoms with Crippen LogP contribution in [-0.2, 0) is 6.18 Å². The van der Waals surface area contributed by atoms with Gasteiger partial charge in [0.1, 0.15) is 5.56 Å². The number of halogens is 5. The zero-order valence-electron chi connectivity index (χ0n) is 6.95. The molecule has 78 valence electrons. The predicted molar refractivity (Wildman–Crippen MR) is 50.7 cm³/mol. The Bertz CT molecular complexity index is 348. The minimum atomic E-state index is -4.60. The summed E-state index contributed by atoms with van der Waals surface area (Å²) < 4.78 is 54.5. The van der Waals surface area contributed by atoms with Gasteiger partial charge < -0.3 is 4.74 Å². The Morgan fingerprint density at radius 2 is 1.86 bits per heavy atom. The molecule has 1 nitrogen and oxygen atoms in total. The molecule has 0 aliphatic heterocycles. The molecule has 0 spiro atoms. The molecule has 0 atom stereocenters. The van der Waals surface area contributed by atoms with Gasteiger partial charge in [0.25, 0.3) is 0 Å². The summed E-state index contributed by atoms with van der Waals surface area (Å²) in [6, 6.07) is 1.85. The number of hydrogen-bond donors (Lipinski definition) is 0. The van der Waals surface area contributed by atoms with Crippen molar-refractivity contribution in [2.24, 2.45) is 0 Å². The number of ether oxygens (including phenoxy) is 1. The van der Waals surface area contributed by atoms with Crippen molar-refractivity contribution in [1.82, 2.24) is 0 Å². The summed E-state index contributed by atoms with van der Waals surface area (Å²) in [6.07, 6.45) is -4.60. The van der Waals surface area contributed by atoms with E-state index < -0.39 is 23.3 Å². The number of rotatable bonds is 1. The summed E-state index contributed by atoms with van der Waals surface area (Å²) >= 11 is 1.60. The Morgan fingerprint density at radius 1 is 1.29 bits per heavy atom. The first kappa shape index (κ1) is 11.5. The molecule has 0 saturated carbocycles. The molecule has 6 heteroatoms. The van der Waals surface area contributed by atoms with Crippen molar-refractivity contribution < 1.29 is 22.3 Å². The molecule has 0 unspecified atom stereocenters. The molecule has 0 radical (unpaired) electrons. The van der Waals surface area contributed by atoms with E-state index in [9.17, 15) is 17.6 Å². The fourth-order valence-electron chi connectivity index (χ4n) is 0.955. The van der Waals surface area contributed by atoms with E-state index in [-0.39, 0.29) is 3.57 Å². The highest BCUT2D eigenvalue weighted by Gasteiger charge is 2.36. The number of hydrogen-bond acceptors (Lipinski definition) is 1. The predicted octanol–water partition coefficient (Wildman–Crippen LogP) is 3.46. The maximum Gasteiger partial charge on any atom is 0.420 e. The molecule has 0 aromatic heterocycles.